The molecule has 0 aromatic heterocycles. The van der Waals surface area contributed by atoms with Gasteiger partial charge in [-0.2, -0.15) is 0 Å². The van der Waals surface area contributed by atoms with Gasteiger partial charge in [0, 0.05) is 13.1 Å². The van der Waals surface area contributed by atoms with Crippen LogP contribution in [0.5, 0.6) is 0 Å². The van der Waals surface area contributed by atoms with Gasteiger partial charge in [-0.25, -0.2) is 9.59 Å². The van der Waals surface area contributed by atoms with Gasteiger partial charge in [0.1, 0.15) is 0 Å². The quantitative estimate of drug-likeness (QED) is 0.777. The van der Waals surface area contributed by atoms with E-state index in [9.17, 15) is 14.4 Å². The van der Waals surface area contributed by atoms with E-state index in [1.54, 1.807) is 11.8 Å². The van der Waals surface area contributed by atoms with Crippen LogP contribution in [0, 0.1) is 0 Å². The lowest BCUT2D eigenvalue weighted by atomic mass is 9.99. The van der Waals surface area contributed by atoms with Crippen molar-refractivity contribution in [1.82, 2.24) is 4.90 Å². The van der Waals surface area contributed by atoms with Crippen molar-refractivity contribution in [2.45, 2.75) is 26.0 Å². The molecule has 6 heteroatoms. The van der Waals surface area contributed by atoms with Crippen LogP contribution in [0.1, 0.15) is 38.8 Å². The van der Waals surface area contributed by atoms with Gasteiger partial charge in [-0.1, -0.05) is 24.3 Å². The topological polar surface area (TPSA) is 72.9 Å². The van der Waals surface area contributed by atoms with E-state index in [0.29, 0.717) is 18.7 Å². The minimum absolute atomic E-state index is 0.218. The van der Waals surface area contributed by atoms with E-state index in [2.05, 4.69) is 10.8 Å². The molecule has 0 saturated carbocycles. The molecular weight excluding hydrogens is 346 g/mol. The third-order valence-corrected chi connectivity index (χ3v) is 4.62. The van der Waals surface area contributed by atoms with Crippen molar-refractivity contribution in [3.63, 3.8) is 0 Å². The number of esters is 2. The molecule has 0 aliphatic carbocycles. The number of carbonyl (C=O) groups excluding carboxylic acids is 3. The first-order valence-corrected chi connectivity index (χ1v) is 8.74. The third kappa shape index (κ3) is 4.16. The summed E-state index contributed by atoms with van der Waals surface area (Å²) < 4.78 is 9.94. The Labute approximate surface area is 157 Å². The average molecular weight is 367 g/mol. The molecule has 1 aliphatic heterocycles. The summed E-state index contributed by atoms with van der Waals surface area (Å²) in [4.78, 5) is 38.1. The summed E-state index contributed by atoms with van der Waals surface area (Å²) in [5.74, 6) is -1.31. The summed E-state index contributed by atoms with van der Waals surface area (Å²) in [6.45, 7) is 2.69. The summed E-state index contributed by atoms with van der Waals surface area (Å²) >= 11 is 0. The maximum atomic E-state index is 12.6. The Morgan fingerprint density at radius 2 is 1.52 bits per heavy atom. The van der Waals surface area contributed by atoms with Crippen LogP contribution in [0.3, 0.4) is 0 Å². The number of benzene rings is 2. The van der Waals surface area contributed by atoms with Gasteiger partial charge >= 0.3 is 11.9 Å². The maximum absolute atomic E-state index is 12.6. The first-order chi connectivity index (χ1) is 13.0. The van der Waals surface area contributed by atoms with Gasteiger partial charge in [0.2, 0.25) is 0 Å². The predicted molar refractivity (Wildman–Crippen MR) is 98.2 cm³/mol. The molecule has 0 fully saturated rings. The molecule has 27 heavy (non-hydrogen) atoms. The number of ether oxygens (including phenoxy) is 2. The van der Waals surface area contributed by atoms with E-state index in [1.807, 2.05) is 18.2 Å². The van der Waals surface area contributed by atoms with E-state index < -0.39 is 18.0 Å². The molecule has 0 N–H and O–H groups in total. The molecule has 2 aromatic rings. The number of rotatable bonds is 4. The number of nitrogens with zero attached hydrogens (tertiary/aromatic N) is 1. The molecule has 0 saturated heterocycles. The highest BCUT2D eigenvalue weighted by Gasteiger charge is 2.27. The molecule has 0 radical (unpaired) electrons. The van der Waals surface area contributed by atoms with Gasteiger partial charge in [0.15, 0.2) is 6.10 Å². The summed E-state index contributed by atoms with van der Waals surface area (Å²) in [5.41, 5.74) is 2.97. The first-order valence-electron chi connectivity index (χ1n) is 8.74. The fourth-order valence-corrected chi connectivity index (χ4v) is 3.08. The van der Waals surface area contributed by atoms with Gasteiger partial charge in [-0.15, -0.1) is 0 Å². The van der Waals surface area contributed by atoms with Gasteiger partial charge in [-0.3, -0.25) is 4.79 Å². The van der Waals surface area contributed by atoms with Gasteiger partial charge in [0.25, 0.3) is 5.91 Å². The Morgan fingerprint density at radius 1 is 0.926 bits per heavy atom. The van der Waals surface area contributed by atoms with Gasteiger partial charge in [-0.05, 0) is 48.7 Å². The second kappa shape index (κ2) is 8.03. The largest absolute Gasteiger partial charge is 0.465 e. The smallest absolute Gasteiger partial charge is 0.338 e. The van der Waals surface area contributed by atoms with Crippen molar-refractivity contribution in [1.29, 1.82) is 0 Å². The van der Waals surface area contributed by atoms with E-state index in [1.165, 1.54) is 36.9 Å². The lowest BCUT2D eigenvalue weighted by Crippen LogP contribution is -2.42. The highest BCUT2D eigenvalue weighted by Crippen LogP contribution is 2.19. The zero-order valence-corrected chi connectivity index (χ0v) is 15.3. The van der Waals surface area contributed by atoms with Crippen LogP contribution in [0.2, 0.25) is 0 Å². The Morgan fingerprint density at radius 3 is 2.15 bits per heavy atom. The SMILES string of the molecule is COC(=O)c1ccc(C(=O)OC(C)C(=O)N2CCc3ccccc3C2)cc1. The van der Waals surface area contributed by atoms with Gasteiger partial charge < -0.3 is 14.4 Å². The Hall–Kier alpha value is -3.15. The third-order valence-electron chi connectivity index (χ3n) is 4.62. The molecule has 0 spiro atoms. The van der Waals surface area contributed by atoms with Crippen LogP contribution < -0.4 is 0 Å². The fraction of sp³-hybridized carbons (Fsp3) is 0.286. The van der Waals surface area contributed by atoms with Crippen molar-refractivity contribution in [2.24, 2.45) is 0 Å². The van der Waals surface area contributed by atoms with Crippen LogP contribution in [0.25, 0.3) is 0 Å². The molecule has 1 amide bonds. The monoisotopic (exact) mass is 367 g/mol. The number of fused-ring (bicyclic) bond motifs is 1. The van der Waals surface area contributed by atoms with Gasteiger partial charge in [0.05, 0.1) is 18.2 Å². The fourth-order valence-electron chi connectivity index (χ4n) is 3.08. The molecular formula is C21H21NO5. The van der Waals surface area contributed by atoms with Crippen molar-refractivity contribution in [3.05, 3.63) is 70.8 Å². The molecule has 1 unspecified atom stereocenters. The van der Waals surface area contributed by atoms with Crippen LogP contribution in [-0.2, 0) is 27.2 Å². The molecule has 3 rings (SSSR count). The standard InChI is InChI=1S/C21H21NO5/c1-14(19(23)22-12-11-15-5-3-4-6-18(15)13-22)27-21(25)17-9-7-16(8-10-17)20(24)26-2/h3-10,14H,11-13H2,1-2H3. The number of carbonyl (C=O) groups is 3. The van der Waals surface area contributed by atoms with Crippen molar-refractivity contribution in [2.75, 3.05) is 13.7 Å². The van der Waals surface area contributed by atoms with E-state index in [-0.39, 0.29) is 11.5 Å². The Bertz CT molecular complexity index is 859. The number of amides is 1. The number of hydrogen-bond acceptors (Lipinski definition) is 5. The molecule has 140 valence electrons. The summed E-state index contributed by atoms with van der Waals surface area (Å²) in [6.07, 6.45) is -0.0968. The average Bonchev–Trinajstić information content (AvgIpc) is 2.72. The first kappa shape index (κ1) is 18.6. The molecule has 1 aliphatic rings. The van der Waals surface area contributed by atoms with E-state index >= 15 is 0 Å². The number of methoxy groups -OCH3 is 1. The van der Waals surface area contributed by atoms with E-state index in [4.69, 9.17) is 4.74 Å². The molecule has 1 atom stereocenters. The summed E-state index contributed by atoms with van der Waals surface area (Å²) in [6, 6.07) is 13.9. The minimum Gasteiger partial charge on any atom is -0.465 e. The summed E-state index contributed by atoms with van der Waals surface area (Å²) in [5, 5.41) is 0. The molecule has 1 heterocycles. The molecule has 0 bridgehead atoms. The van der Waals surface area contributed by atoms with Crippen LogP contribution in [-0.4, -0.2) is 42.5 Å². The second-order valence-electron chi connectivity index (χ2n) is 6.39. The zero-order chi connectivity index (χ0) is 19.4. The Kier molecular flexibility index (Phi) is 5.54. The lowest BCUT2D eigenvalue weighted by Gasteiger charge is -2.30. The lowest BCUT2D eigenvalue weighted by molar-refractivity contribution is -0.140. The predicted octanol–water partition coefficient (Wildman–Crippen LogP) is 2.60. The highest BCUT2D eigenvalue weighted by atomic mass is 16.5. The van der Waals surface area contributed by atoms with Crippen molar-refractivity contribution in [3.8, 4) is 0 Å². The second-order valence-corrected chi connectivity index (χ2v) is 6.39. The normalized spacial score (nSPS) is 14.1. The number of hydrogen-bond donors (Lipinski definition) is 0. The highest BCUT2D eigenvalue weighted by molar-refractivity contribution is 5.94. The molecule has 2 aromatic carbocycles. The van der Waals surface area contributed by atoms with E-state index in [0.717, 1.165) is 12.0 Å². The van der Waals surface area contributed by atoms with Crippen LogP contribution in [0.4, 0.5) is 0 Å². The summed E-state index contributed by atoms with van der Waals surface area (Å²) in [7, 11) is 1.29. The Balaban J connectivity index is 1.61. The van der Waals surface area contributed by atoms with Crippen LogP contribution >= 0.6 is 0 Å². The van der Waals surface area contributed by atoms with Crippen molar-refractivity contribution < 1.29 is 23.9 Å². The molecule has 6 nitrogen and oxygen atoms in total. The minimum atomic E-state index is -0.886. The maximum Gasteiger partial charge on any atom is 0.338 e. The van der Waals surface area contributed by atoms with Crippen LogP contribution in [0.15, 0.2) is 48.5 Å². The van der Waals surface area contributed by atoms with Crippen molar-refractivity contribution >= 4 is 17.8 Å². The zero-order valence-electron chi connectivity index (χ0n) is 15.3.